The van der Waals surface area contributed by atoms with Crippen molar-refractivity contribution in [3.8, 4) is 5.75 Å². The summed E-state index contributed by atoms with van der Waals surface area (Å²) in [6.45, 7) is 9.02. The molecule has 1 atom stereocenters. The number of nitrogens with zero attached hydrogens (tertiary/aromatic N) is 2. The fourth-order valence-corrected chi connectivity index (χ4v) is 5.36. The highest BCUT2D eigenvalue weighted by Gasteiger charge is 2.24. The van der Waals surface area contributed by atoms with Crippen LogP contribution in [0.2, 0.25) is 0 Å². The van der Waals surface area contributed by atoms with E-state index in [2.05, 4.69) is 31.8 Å². The predicted octanol–water partition coefficient (Wildman–Crippen LogP) is 6.77. The first-order chi connectivity index (χ1) is 20.8. The van der Waals surface area contributed by atoms with E-state index < -0.39 is 0 Å². The highest BCUT2D eigenvalue weighted by Crippen LogP contribution is 2.31. The summed E-state index contributed by atoms with van der Waals surface area (Å²) >= 11 is 0. The Morgan fingerprint density at radius 3 is 2.00 bits per heavy atom. The van der Waals surface area contributed by atoms with Crippen molar-refractivity contribution >= 4 is 34.7 Å². The number of nitrogens with one attached hydrogen (secondary N) is 3. The van der Waals surface area contributed by atoms with E-state index in [1.54, 1.807) is 13.2 Å². The first-order valence-electron chi connectivity index (χ1n) is 14.6. The van der Waals surface area contributed by atoms with E-state index in [-0.39, 0.29) is 18.0 Å². The number of amides is 3. The number of urea groups is 1. The van der Waals surface area contributed by atoms with Crippen molar-refractivity contribution in [2.24, 2.45) is 0 Å². The van der Waals surface area contributed by atoms with Crippen LogP contribution in [0.4, 0.5) is 27.5 Å². The van der Waals surface area contributed by atoms with Gasteiger partial charge < -0.3 is 30.5 Å². The third-order valence-electron chi connectivity index (χ3n) is 7.96. The lowest BCUT2D eigenvalue weighted by Gasteiger charge is -2.38. The number of para-hydroxylation sites is 2. The lowest BCUT2D eigenvalue weighted by Crippen LogP contribution is -2.47. The molecule has 1 saturated heterocycles. The number of hydrogen-bond donors (Lipinski definition) is 3. The molecule has 1 unspecified atom stereocenters. The zero-order valence-electron chi connectivity index (χ0n) is 25.2. The minimum atomic E-state index is -0.370. The summed E-state index contributed by atoms with van der Waals surface area (Å²) in [7, 11) is 1.69. The topological polar surface area (TPSA) is 85.9 Å². The lowest BCUT2D eigenvalue weighted by atomic mass is 10.1. The van der Waals surface area contributed by atoms with Gasteiger partial charge >= 0.3 is 6.03 Å². The van der Waals surface area contributed by atoms with Crippen LogP contribution in [-0.2, 0) is 0 Å². The van der Waals surface area contributed by atoms with Crippen LogP contribution in [0.3, 0.4) is 0 Å². The van der Waals surface area contributed by atoms with Crippen LogP contribution in [0.25, 0.3) is 0 Å². The SMILES string of the molecule is COc1ccccc1N1CCN(c2ccc(NC(=O)Nc3ccc(C)c(C)c3)cc2C(=O)NC(C)c2ccccc2)CC1. The minimum absolute atomic E-state index is 0.186. The van der Waals surface area contributed by atoms with Crippen molar-refractivity contribution in [2.75, 3.05) is 53.7 Å². The van der Waals surface area contributed by atoms with Gasteiger partial charge in [-0.1, -0.05) is 48.5 Å². The normalized spacial score (nSPS) is 13.7. The Labute approximate surface area is 253 Å². The smallest absolute Gasteiger partial charge is 0.323 e. The molecule has 3 amide bonds. The van der Waals surface area contributed by atoms with Crippen molar-refractivity contribution in [1.29, 1.82) is 0 Å². The van der Waals surface area contributed by atoms with Crippen molar-refractivity contribution < 1.29 is 14.3 Å². The Kier molecular flexibility index (Phi) is 9.15. The first-order valence-corrected chi connectivity index (χ1v) is 14.6. The van der Waals surface area contributed by atoms with Crippen LogP contribution >= 0.6 is 0 Å². The summed E-state index contributed by atoms with van der Waals surface area (Å²) in [4.78, 5) is 31.2. The molecule has 1 aliphatic rings. The van der Waals surface area contributed by atoms with E-state index in [1.807, 2.05) is 99.6 Å². The van der Waals surface area contributed by atoms with Gasteiger partial charge in [0, 0.05) is 43.2 Å². The number of ether oxygens (including phenoxy) is 1. The molecule has 0 bridgehead atoms. The number of methoxy groups -OCH3 is 1. The number of hydrogen-bond acceptors (Lipinski definition) is 5. The predicted molar refractivity (Wildman–Crippen MR) is 175 cm³/mol. The fraction of sp³-hybridized carbons (Fsp3) is 0.257. The Morgan fingerprint density at radius 2 is 1.33 bits per heavy atom. The molecule has 4 aromatic carbocycles. The zero-order valence-corrected chi connectivity index (χ0v) is 25.2. The molecule has 1 aliphatic heterocycles. The number of piperazine rings is 1. The van der Waals surface area contributed by atoms with Gasteiger partial charge in [0.25, 0.3) is 5.91 Å². The van der Waals surface area contributed by atoms with Gasteiger partial charge in [0.15, 0.2) is 0 Å². The van der Waals surface area contributed by atoms with Gasteiger partial charge in [-0.3, -0.25) is 4.79 Å². The Balaban J connectivity index is 1.36. The third kappa shape index (κ3) is 7.09. The van der Waals surface area contributed by atoms with Gasteiger partial charge in [0.1, 0.15) is 5.75 Å². The average Bonchev–Trinajstić information content (AvgIpc) is 3.03. The Hall–Kier alpha value is -4.98. The number of carbonyl (C=O) groups excluding carboxylic acids is 2. The summed E-state index contributed by atoms with van der Waals surface area (Å²) in [5, 5.41) is 8.95. The standard InChI is InChI=1S/C35H39N5O3/c1-24-14-15-28(22-25(24)2)37-35(42)38-29-16-17-31(30(23-29)34(41)36-26(3)27-10-6-5-7-11-27)39-18-20-40(21-19-39)32-12-8-9-13-33(32)43-4/h5-17,22-23,26H,18-21H2,1-4H3,(H,36,41)(H2,37,38,42). The molecule has 222 valence electrons. The number of aryl methyl sites for hydroxylation is 2. The van der Waals surface area contributed by atoms with Gasteiger partial charge in [0.05, 0.1) is 24.4 Å². The van der Waals surface area contributed by atoms with Gasteiger partial charge in [-0.25, -0.2) is 4.79 Å². The van der Waals surface area contributed by atoms with Gasteiger partial charge in [-0.05, 0) is 79.9 Å². The van der Waals surface area contributed by atoms with E-state index >= 15 is 0 Å². The zero-order chi connectivity index (χ0) is 30.3. The molecule has 5 rings (SSSR count). The maximum Gasteiger partial charge on any atom is 0.323 e. The van der Waals surface area contributed by atoms with Gasteiger partial charge in [0.2, 0.25) is 0 Å². The van der Waals surface area contributed by atoms with Crippen LogP contribution < -0.4 is 30.5 Å². The second kappa shape index (κ2) is 13.3. The maximum atomic E-state index is 13.8. The van der Waals surface area contributed by atoms with Crippen LogP contribution in [0.1, 0.15) is 40.0 Å². The van der Waals surface area contributed by atoms with Crippen molar-refractivity contribution in [3.05, 3.63) is 113 Å². The molecule has 3 N–H and O–H groups in total. The van der Waals surface area contributed by atoms with Crippen LogP contribution in [0.5, 0.6) is 5.75 Å². The number of benzene rings is 4. The van der Waals surface area contributed by atoms with E-state index in [4.69, 9.17) is 4.74 Å². The molecule has 8 nitrogen and oxygen atoms in total. The summed E-state index contributed by atoms with van der Waals surface area (Å²) in [5.74, 6) is 0.650. The molecule has 0 saturated carbocycles. The average molecular weight is 578 g/mol. The molecular formula is C35H39N5O3. The monoisotopic (exact) mass is 577 g/mol. The van der Waals surface area contributed by atoms with Crippen molar-refractivity contribution in [1.82, 2.24) is 5.32 Å². The molecule has 0 radical (unpaired) electrons. The summed E-state index contributed by atoms with van der Waals surface area (Å²) in [5.41, 5.74) is 6.92. The van der Waals surface area contributed by atoms with Crippen LogP contribution in [0, 0.1) is 13.8 Å². The molecule has 0 aliphatic carbocycles. The van der Waals surface area contributed by atoms with E-state index in [9.17, 15) is 9.59 Å². The quantitative estimate of drug-likeness (QED) is 0.215. The highest BCUT2D eigenvalue weighted by molar-refractivity contribution is 6.04. The fourth-order valence-electron chi connectivity index (χ4n) is 5.36. The Morgan fingerprint density at radius 1 is 0.721 bits per heavy atom. The molecule has 4 aromatic rings. The molecular weight excluding hydrogens is 538 g/mol. The molecule has 0 spiro atoms. The van der Waals surface area contributed by atoms with Crippen molar-refractivity contribution in [3.63, 3.8) is 0 Å². The molecule has 1 heterocycles. The van der Waals surface area contributed by atoms with E-state index in [0.717, 1.165) is 60.0 Å². The molecule has 43 heavy (non-hydrogen) atoms. The summed E-state index contributed by atoms with van der Waals surface area (Å²) in [6.07, 6.45) is 0. The third-order valence-corrected chi connectivity index (χ3v) is 7.96. The van der Waals surface area contributed by atoms with E-state index in [1.165, 1.54) is 0 Å². The number of carbonyl (C=O) groups is 2. The first kappa shape index (κ1) is 29.5. The van der Waals surface area contributed by atoms with Gasteiger partial charge in [-0.15, -0.1) is 0 Å². The minimum Gasteiger partial charge on any atom is -0.495 e. The maximum absolute atomic E-state index is 13.8. The number of anilines is 4. The molecule has 0 aromatic heterocycles. The molecule has 1 fully saturated rings. The number of rotatable bonds is 8. The second-order valence-corrected chi connectivity index (χ2v) is 10.9. The lowest BCUT2D eigenvalue weighted by molar-refractivity contribution is 0.0940. The van der Waals surface area contributed by atoms with Gasteiger partial charge in [-0.2, -0.15) is 0 Å². The van der Waals surface area contributed by atoms with Crippen LogP contribution in [0.15, 0.2) is 91.0 Å². The molecule has 8 heteroatoms. The largest absolute Gasteiger partial charge is 0.495 e. The van der Waals surface area contributed by atoms with E-state index in [0.29, 0.717) is 16.9 Å². The summed E-state index contributed by atoms with van der Waals surface area (Å²) < 4.78 is 5.58. The van der Waals surface area contributed by atoms with Crippen molar-refractivity contribution in [2.45, 2.75) is 26.8 Å². The highest BCUT2D eigenvalue weighted by atomic mass is 16.5. The summed E-state index contributed by atoms with van der Waals surface area (Å²) in [6, 6.07) is 28.7. The second-order valence-electron chi connectivity index (χ2n) is 10.9. The van der Waals surface area contributed by atoms with Crippen LogP contribution in [-0.4, -0.2) is 45.2 Å². The Bertz CT molecular complexity index is 1580.